The van der Waals surface area contributed by atoms with Crippen LogP contribution in [0.2, 0.25) is 0 Å². The van der Waals surface area contributed by atoms with Gasteiger partial charge in [0.1, 0.15) is 0 Å². The second kappa shape index (κ2) is 5.56. The van der Waals surface area contributed by atoms with Gasteiger partial charge >= 0.3 is 5.97 Å². The summed E-state index contributed by atoms with van der Waals surface area (Å²) < 4.78 is 0. The largest absolute Gasteiger partial charge is 0.481 e. The van der Waals surface area contributed by atoms with Crippen molar-refractivity contribution in [2.45, 2.75) is 11.3 Å². The first-order valence-electron chi connectivity index (χ1n) is 6.96. The van der Waals surface area contributed by atoms with Crippen molar-refractivity contribution in [2.75, 3.05) is 11.6 Å². The third kappa shape index (κ3) is 2.58. The Bertz CT molecular complexity index is 613. The minimum atomic E-state index is -0.870. The van der Waals surface area contributed by atoms with E-state index in [9.17, 15) is 14.7 Å². The minimum Gasteiger partial charge on any atom is -0.481 e. The molecule has 2 aliphatic rings. The van der Waals surface area contributed by atoms with E-state index in [4.69, 9.17) is 0 Å². The number of fused-ring (bicyclic) bond motifs is 2. The smallest absolute Gasteiger partial charge is 0.307 e. The molecule has 2 bridgehead atoms. The number of carboxylic acids is 1. The zero-order chi connectivity index (χ0) is 15.0. The molecule has 1 amide bonds. The average Bonchev–Trinajstić information content (AvgIpc) is 3.07. The SMILES string of the molecule is CSc1cccc(NC(=O)[C@H]2[C@@H](C(=O)O)[C@H]3C=C[C@@H]2C3)c1. The Kier molecular flexibility index (Phi) is 3.76. The topological polar surface area (TPSA) is 66.4 Å². The lowest BCUT2D eigenvalue weighted by Crippen LogP contribution is -2.36. The number of carboxylic acid groups (broad SMARTS) is 1. The summed E-state index contributed by atoms with van der Waals surface area (Å²) in [6, 6.07) is 7.59. The lowest BCUT2D eigenvalue weighted by molar-refractivity contribution is -0.146. The van der Waals surface area contributed by atoms with E-state index in [0.717, 1.165) is 17.0 Å². The molecular formula is C16H17NO3S. The number of aliphatic carboxylic acids is 1. The lowest BCUT2D eigenvalue weighted by atomic mass is 9.82. The quantitative estimate of drug-likeness (QED) is 0.663. The van der Waals surface area contributed by atoms with Crippen LogP contribution in [-0.2, 0) is 9.59 Å². The van der Waals surface area contributed by atoms with Crippen molar-refractivity contribution in [2.24, 2.45) is 23.7 Å². The molecule has 1 fully saturated rings. The highest BCUT2D eigenvalue weighted by molar-refractivity contribution is 7.98. The van der Waals surface area contributed by atoms with Gasteiger partial charge in [0.25, 0.3) is 0 Å². The standard InChI is InChI=1S/C16H17NO3S/c1-21-12-4-2-3-11(8-12)17-15(18)13-9-5-6-10(7-9)14(13)16(19)20/h2-6,8-10,13-14H,7H2,1H3,(H,17,18)(H,19,20)/t9-,10+,13-,14+/m1/s1. The van der Waals surface area contributed by atoms with Crippen molar-refractivity contribution in [3.63, 3.8) is 0 Å². The van der Waals surface area contributed by atoms with Crippen LogP contribution in [0.25, 0.3) is 0 Å². The minimum absolute atomic E-state index is 0.000724. The molecule has 2 N–H and O–H groups in total. The van der Waals surface area contributed by atoms with E-state index in [1.807, 2.05) is 42.7 Å². The summed E-state index contributed by atoms with van der Waals surface area (Å²) in [5, 5.41) is 12.3. The van der Waals surface area contributed by atoms with Crippen LogP contribution in [0.4, 0.5) is 5.69 Å². The number of carbonyl (C=O) groups is 2. The normalized spacial score (nSPS) is 29.6. The van der Waals surface area contributed by atoms with Gasteiger partial charge in [-0.1, -0.05) is 18.2 Å². The molecule has 5 heteroatoms. The number of hydrogen-bond donors (Lipinski definition) is 2. The molecule has 21 heavy (non-hydrogen) atoms. The third-order valence-corrected chi connectivity index (χ3v) is 5.11. The molecule has 2 aliphatic carbocycles. The van der Waals surface area contributed by atoms with Gasteiger partial charge in [0.05, 0.1) is 11.8 Å². The predicted octanol–water partition coefficient (Wildman–Crippen LogP) is 2.87. The van der Waals surface area contributed by atoms with E-state index < -0.39 is 17.8 Å². The van der Waals surface area contributed by atoms with Crippen molar-refractivity contribution >= 4 is 29.3 Å². The molecule has 4 atom stereocenters. The summed E-state index contributed by atoms with van der Waals surface area (Å²) in [7, 11) is 0. The van der Waals surface area contributed by atoms with Crippen LogP contribution in [0.5, 0.6) is 0 Å². The molecule has 0 radical (unpaired) electrons. The number of benzene rings is 1. The second-order valence-corrected chi connectivity index (χ2v) is 6.44. The van der Waals surface area contributed by atoms with Gasteiger partial charge in [-0.15, -0.1) is 11.8 Å². The molecular weight excluding hydrogens is 286 g/mol. The number of allylic oxidation sites excluding steroid dienone is 2. The van der Waals surface area contributed by atoms with Gasteiger partial charge in [-0.05, 0) is 42.7 Å². The molecule has 4 nitrogen and oxygen atoms in total. The average molecular weight is 303 g/mol. The maximum atomic E-state index is 12.5. The fourth-order valence-corrected chi connectivity index (χ4v) is 3.90. The van der Waals surface area contributed by atoms with E-state index in [1.54, 1.807) is 11.8 Å². The van der Waals surface area contributed by atoms with E-state index in [0.29, 0.717) is 0 Å². The van der Waals surface area contributed by atoms with E-state index in [2.05, 4.69) is 5.32 Å². The predicted molar refractivity (Wildman–Crippen MR) is 82.2 cm³/mol. The van der Waals surface area contributed by atoms with Gasteiger partial charge in [-0.2, -0.15) is 0 Å². The molecule has 0 aromatic heterocycles. The van der Waals surface area contributed by atoms with Crippen LogP contribution in [0.15, 0.2) is 41.3 Å². The Balaban J connectivity index is 1.78. The highest BCUT2D eigenvalue weighted by Gasteiger charge is 2.51. The van der Waals surface area contributed by atoms with Crippen LogP contribution in [0.3, 0.4) is 0 Å². The second-order valence-electron chi connectivity index (χ2n) is 5.56. The molecule has 110 valence electrons. The third-order valence-electron chi connectivity index (χ3n) is 4.38. The fraction of sp³-hybridized carbons (Fsp3) is 0.375. The molecule has 3 rings (SSSR count). The zero-order valence-corrected chi connectivity index (χ0v) is 12.5. The molecule has 1 saturated carbocycles. The van der Waals surface area contributed by atoms with E-state index >= 15 is 0 Å². The van der Waals surface area contributed by atoms with Crippen LogP contribution in [-0.4, -0.2) is 23.2 Å². The van der Waals surface area contributed by atoms with E-state index in [1.165, 1.54) is 0 Å². The van der Waals surface area contributed by atoms with Gasteiger partial charge in [0.15, 0.2) is 0 Å². The Morgan fingerprint density at radius 2 is 1.95 bits per heavy atom. The van der Waals surface area contributed by atoms with Gasteiger partial charge in [0.2, 0.25) is 5.91 Å². The van der Waals surface area contributed by atoms with Gasteiger partial charge in [-0.3, -0.25) is 9.59 Å². The molecule has 0 unspecified atom stereocenters. The van der Waals surface area contributed by atoms with Gasteiger partial charge < -0.3 is 10.4 Å². The first-order chi connectivity index (χ1) is 10.1. The summed E-state index contributed by atoms with van der Waals surface area (Å²) in [6.07, 6.45) is 6.69. The van der Waals surface area contributed by atoms with Crippen LogP contribution in [0.1, 0.15) is 6.42 Å². The van der Waals surface area contributed by atoms with Crippen molar-refractivity contribution in [3.05, 3.63) is 36.4 Å². The number of carbonyl (C=O) groups excluding carboxylic acids is 1. The summed E-state index contributed by atoms with van der Waals surface area (Å²) >= 11 is 1.60. The highest BCUT2D eigenvalue weighted by atomic mass is 32.2. The molecule has 1 aromatic rings. The van der Waals surface area contributed by atoms with Crippen molar-refractivity contribution in [1.29, 1.82) is 0 Å². The maximum absolute atomic E-state index is 12.5. The Labute approximate surface area is 127 Å². The highest BCUT2D eigenvalue weighted by Crippen LogP contribution is 2.48. The zero-order valence-electron chi connectivity index (χ0n) is 11.7. The summed E-state index contributed by atoms with van der Waals surface area (Å²) in [6.45, 7) is 0. The first kappa shape index (κ1) is 14.2. The molecule has 0 aliphatic heterocycles. The van der Waals surface area contributed by atoms with Gasteiger partial charge in [-0.25, -0.2) is 0 Å². The fourth-order valence-electron chi connectivity index (χ4n) is 3.44. The molecule has 0 saturated heterocycles. The molecule has 0 heterocycles. The Morgan fingerprint density at radius 1 is 1.24 bits per heavy atom. The van der Waals surface area contributed by atoms with Crippen LogP contribution >= 0.6 is 11.8 Å². The van der Waals surface area contributed by atoms with E-state index in [-0.39, 0.29) is 17.7 Å². The number of nitrogens with one attached hydrogen (secondary N) is 1. The van der Waals surface area contributed by atoms with Crippen LogP contribution < -0.4 is 5.32 Å². The number of amides is 1. The lowest BCUT2D eigenvalue weighted by Gasteiger charge is -2.23. The number of rotatable bonds is 4. The number of anilines is 1. The van der Waals surface area contributed by atoms with Crippen LogP contribution in [0, 0.1) is 23.7 Å². The summed E-state index contributed by atoms with van der Waals surface area (Å²) in [5.41, 5.74) is 0.725. The monoisotopic (exact) mass is 303 g/mol. The number of hydrogen-bond acceptors (Lipinski definition) is 3. The number of thioether (sulfide) groups is 1. The maximum Gasteiger partial charge on any atom is 0.307 e. The summed E-state index contributed by atoms with van der Waals surface area (Å²) in [5.74, 6) is -2.05. The molecule has 1 aromatic carbocycles. The summed E-state index contributed by atoms with van der Waals surface area (Å²) in [4.78, 5) is 25.0. The van der Waals surface area contributed by atoms with Gasteiger partial charge in [0, 0.05) is 10.6 Å². The Morgan fingerprint density at radius 3 is 2.62 bits per heavy atom. The van der Waals surface area contributed by atoms with Crippen molar-refractivity contribution < 1.29 is 14.7 Å². The van der Waals surface area contributed by atoms with Crippen molar-refractivity contribution in [3.8, 4) is 0 Å². The Hall–Kier alpha value is -1.75. The van der Waals surface area contributed by atoms with Crippen molar-refractivity contribution in [1.82, 2.24) is 0 Å². The molecule has 0 spiro atoms. The first-order valence-corrected chi connectivity index (χ1v) is 8.18.